The predicted molar refractivity (Wildman–Crippen MR) is 143 cm³/mol. The van der Waals surface area contributed by atoms with E-state index in [1.807, 2.05) is 98.8 Å². The number of hydroxylamine groups is 1. The summed E-state index contributed by atoms with van der Waals surface area (Å²) in [6.45, 7) is 4.25. The van der Waals surface area contributed by atoms with Crippen LogP contribution in [-0.4, -0.2) is 34.9 Å². The number of likely N-dealkylation sites (N-methyl/N-ethyl adjacent to an activating group) is 1. The van der Waals surface area contributed by atoms with Crippen LogP contribution in [0.1, 0.15) is 43.9 Å². The topological polar surface area (TPSA) is 98.7 Å². The molecule has 194 valence electrons. The Balaban J connectivity index is 1.90. The van der Waals surface area contributed by atoms with Crippen molar-refractivity contribution in [1.29, 1.82) is 0 Å². The lowest BCUT2D eigenvalue weighted by atomic mass is 9.91. The van der Waals surface area contributed by atoms with Gasteiger partial charge in [0.05, 0.1) is 0 Å². The van der Waals surface area contributed by atoms with E-state index in [4.69, 9.17) is 5.21 Å². The number of amides is 3. The monoisotopic (exact) mass is 501 g/mol. The van der Waals surface area contributed by atoms with E-state index in [-0.39, 0.29) is 24.2 Å². The molecule has 0 fully saturated rings. The average molecular weight is 502 g/mol. The number of hydrogen-bond donors (Lipinski definition) is 3. The molecule has 0 heterocycles. The van der Waals surface area contributed by atoms with Crippen molar-refractivity contribution in [3.63, 3.8) is 0 Å². The molecule has 0 aromatic heterocycles. The van der Waals surface area contributed by atoms with E-state index in [2.05, 4.69) is 5.32 Å². The van der Waals surface area contributed by atoms with Gasteiger partial charge in [-0.15, -0.1) is 0 Å². The van der Waals surface area contributed by atoms with E-state index < -0.39 is 17.9 Å². The Morgan fingerprint density at radius 2 is 1.41 bits per heavy atom. The molecule has 0 unspecified atom stereocenters. The van der Waals surface area contributed by atoms with Gasteiger partial charge in [-0.3, -0.25) is 19.6 Å². The number of carbonyl (C=O) groups excluding carboxylic acids is 3. The second kappa shape index (κ2) is 13.4. The van der Waals surface area contributed by atoms with Crippen LogP contribution in [0.3, 0.4) is 0 Å². The van der Waals surface area contributed by atoms with Crippen LogP contribution in [0.5, 0.6) is 0 Å². The Labute approximate surface area is 218 Å². The highest BCUT2D eigenvalue weighted by Gasteiger charge is 2.33. The van der Waals surface area contributed by atoms with E-state index in [9.17, 15) is 14.4 Å². The van der Waals surface area contributed by atoms with Crippen molar-refractivity contribution in [1.82, 2.24) is 15.7 Å². The van der Waals surface area contributed by atoms with E-state index in [0.29, 0.717) is 18.5 Å². The maximum Gasteiger partial charge on any atom is 0.247 e. The quantitative estimate of drug-likeness (QED) is 0.261. The highest BCUT2D eigenvalue weighted by atomic mass is 16.5. The van der Waals surface area contributed by atoms with Gasteiger partial charge < -0.3 is 10.2 Å². The van der Waals surface area contributed by atoms with E-state index >= 15 is 0 Å². The van der Waals surface area contributed by atoms with Gasteiger partial charge in [0.25, 0.3) is 0 Å². The molecule has 3 N–H and O–H groups in total. The first-order valence-electron chi connectivity index (χ1n) is 12.5. The molecule has 0 aliphatic rings. The molecule has 0 bridgehead atoms. The van der Waals surface area contributed by atoms with Crippen LogP contribution in [0, 0.1) is 11.8 Å². The maximum atomic E-state index is 13.6. The summed E-state index contributed by atoms with van der Waals surface area (Å²) < 4.78 is 0. The number of nitrogens with one attached hydrogen (secondary N) is 2. The summed E-state index contributed by atoms with van der Waals surface area (Å²) in [5.74, 6) is -1.81. The summed E-state index contributed by atoms with van der Waals surface area (Å²) in [5.41, 5.74) is 5.28. The molecule has 0 aliphatic carbocycles. The Hall–Kier alpha value is -3.97. The third kappa shape index (κ3) is 7.75. The van der Waals surface area contributed by atoms with Gasteiger partial charge >= 0.3 is 0 Å². The van der Waals surface area contributed by atoms with Crippen molar-refractivity contribution in [2.45, 2.75) is 39.3 Å². The number of benzene rings is 3. The summed E-state index contributed by atoms with van der Waals surface area (Å²) in [6, 6.07) is 26.2. The summed E-state index contributed by atoms with van der Waals surface area (Å²) in [4.78, 5) is 40.5. The van der Waals surface area contributed by atoms with E-state index in [0.717, 1.165) is 16.7 Å². The van der Waals surface area contributed by atoms with Crippen molar-refractivity contribution in [2.75, 3.05) is 7.05 Å². The molecule has 0 spiro atoms. The fourth-order valence-electron chi connectivity index (χ4n) is 4.45. The summed E-state index contributed by atoms with van der Waals surface area (Å²) in [5, 5.41) is 12.0. The van der Waals surface area contributed by atoms with E-state index in [1.165, 1.54) is 4.90 Å². The Kier molecular flexibility index (Phi) is 9.98. The van der Waals surface area contributed by atoms with Crippen molar-refractivity contribution in [3.8, 4) is 11.1 Å². The lowest BCUT2D eigenvalue weighted by molar-refractivity contribution is -0.145. The standard InChI is InChI=1S/C30H35N3O4/c1-21(2)18-26(19-27(34)32-37)30(36)33(3)28(29(35)31-20-22-10-6-4-7-11-22)25-16-14-24(15-17-25)23-12-8-5-9-13-23/h4-17,21,26,28,37H,18-20H2,1-3H3,(H,31,35)(H,32,34)/t26-,28+/m1/s1. The highest BCUT2D eigenvalue weighted by molar-refractivity contribution is 5.91. The van der Waals surface area contributed by atoms with Gasteiger partial charge in [0, 0.05) is 25.9 Å². The molecule has 3 aromatic carbocycles. The zero-order chi connectivity index (χ0) is 26.8. The van der Waals surface area contributed by atoms with Crippen LogP contribution in [0.4, 0.5) is 0 Å². The fraction of sp³-hybridized carbons (Fsp3) is 0.300. The second-order valence-corrected chi connectivity index (χ2v) is 9.61. The SMILES string of the molecule is CC(C)C[C@H](CC(=O)NO)C(=O)N(C)[C@H](C(=O)NCc1ccccc1)c1ccc(-c2ccccc2)cc1. The van der Waals surface area contributed by atoms with Crippen molar-refractivity contribution in [2.24, 2.45) is 11.8 Å². The van der Waals surface area contributed by atoms with Gasteiger partial charge in [0.15, 0.2) is 0 Å². The minimum atomic E-state index is -0.895. The average Bonchev–Trinajstić information content (AvgIpc) is 2.92. The molecular formula is C30H35N3O4. The van der Waals surface area contributed by atoms with Gasteiger partial charge in [-0.1, -0.05) is 98.8 Å². The van der Waals surface area contributed by atoms with E-state index in [1.54, 1.807) is 12.5 Å². The second-order valence-electron chi connectivity index (χ2n) is 9.61. The van der Waals surface area contributed by atoms with Crippen molar-refractivity contribution < 1.29 is 19.6 Å². The normalized spacial score (nSPS) is 12.5. The largest absolute Gasteiger partial charge is 0.350 e. The van der Waals surface area contributed by atoms with Gasteiger partial charge in [0.1, 0.15) is 6.04 Å². The molecule has 0 saturated heterocycles. The molecule has 37 heavy (non-hydrogen) atoms. The third-order valence-electron chi connectivity index (χ3n) is 6.29. The molecule has 2 atom stereocenters. The highest BCUT2D eigenvalue weighted by Crippen LogP contribution is 2.28. The molecular weight excluding hydrogens is 466 g/mol. The van der Waals surface area contributed by atoms with Gasteiger partial charge in [-0.2, -0.15) is 0 Å². The summed E-state index contributed by atoms with van der Waals surface area (Å²) >= 11 is 0. The molecule has 0 saturated carbocycles. The Bertz CT molecular complexity index is 1160. The van der Waals surface area contributed by atoms with Crippen LogP contribution >= 0.6 is 0 Å². The minimum absolute atomic E-state index is 0.143. The number of rotatable bonds is 11. The molecule has 3 amide bonds. The van der Waals surface area contributed by atoms with Crippen LogP contribution in [-0.2, 0) is 20.9 Å². The zero-order valence-corrected chi connectivity index (χ0v) is 21.6. The third-order valence-corrected chi connectivity index (χ3v) is 6.29. The van der Waals surface area contributed by atoms with Crippen LogP contribution in [0.25, 0.3) is 11.1 Å². The summed E-state index contributed by atoms with van der Waals surface area (Å²) in [6.07, 6.45) is 0.283. The molecule has 3 aromatic rings. The lowest BCUT2D eigenvalue weighted by Gasteiger charge is -2.31. The molecule has 7 nitrogen and oxygen atoms in total. The van der Waals surface area contributed by atoms with Crippen LogP contribution < -0.4 is 10.8 Å². The molecule has 7 heteroatoms. The lowest BCUT2D eigenvalue weighted by Crippen LogP contribution is -2.44. The van der Waals surface area contributed by atoms with Crippen molar-refractivity contribution in [3.05, 3.63) is 96.1 Å². The fourth-order valence-corrected chi connectivity index (χ4v) is 4.45. The first kappa shape index (κ1) is 27.6. The number of nitrogens with zero attached hydrogens (tertiary/aromatic N) is 1. The number of carbonyl (C=O) groups is 3. The van der Waals surface area contributed by atoms with Crippen molar-refractivity contribution >= 4 is 17.7 Å². The molecule has 0 aliphatic heterocycles. The maximum absolute atomic E-state index is 13.6. The molecule has 0 radical (unpaired) electrons. The van der Waals surface area contributed by atoms with Crippen LogP contribution in [0.2, 0.25) is 0 Å². The van der Waals surface area contributed by atoms with Gasteiger partial charge in [-0.25, -0.2) is 5.48 Å². The zero-order valence-electron chi connectivity index (χ0n) is 21.6. The first-order valence-corrected chi connectivity index (χ1v) is 12.5. The summed E-state index contributed by atoms with van der Waals surface area (Å²) in [7, 11) is 1.59. The molecule has 3 rings (SSSR count). The minimum Gasteiger partial charge on any atom is -0.350 e. The number of hydrogen-bond acceptors (Lipinski definition) is 4. The smallest absolute Gasteiger partial charge is 0.247 e. The van der Waals surface area contributed by atoms with Gasteiger partial charge in [0.2, 0.25) is 17.7 Å². The predicted octanol–water partition coefficient (Wildman–Crippen LogP) is 4.73. The van der Waals surface area contributed by atoms with Gasteiger partial charge in [-0.05, 0) is 34.6 Å². The Morgan fingerprint density at radius 3 is 1.97 bits per heavy atom. The van der Waals surface area contributed by atoms with Crippen LogP contribution in [0.15, 0.2) is 84.9 Å². The first-order chi connectivity index (χ1) is 17.8. The Morgan fingerprint density at radius 1 is 0.838 bits per heavy atom.